The fourth-order valence-electron chi connectivity index (χ4n) is 9.17. The summed E-state index contributed by atoms with van der Waals surface area (Å²) in [6.07, 6.45) is 11.6. The van der Waals surface area contributed by atoms with Gasteiger partial charge >= 0.3 is 6.09 Å². The van der Waals surface area contributed by atoms with E-state index in [0.29, 0.717) is 36.5 Å². The number of hydrogen-bond acceptors (Lipinski definition) is 5. The summed E-state index contributed by atoms with van der Waals surface area (Å²) in [6, 6.07) is 0.278. The monoisotopic (exact) mass is 497 g/mol. The highest BCUT2D eigenvalue weighted by molar-refractivity contribution is 5.91. The van der Waals surface area contributed by atoms with Crippen LogP contribution in [0, 0.1) is 39.9 Å². The number of rotatable bonds is 4. The van der Waals surface area contributed by atoms with Gasteiger partial charge in [-0.3, -0.25) is 9.63 Å². The zero-order chi connectivity index (χ0) is 25.9. The van der Waals surface area contributed by atoms with Gasteiger partial charge in [0.2, 0.25) is 0 Å². The van der Waals surface area contributed by atoms with E-state index >= 15 is 0 Å². The molecule has 1 N–H and O–H groups in total. The van der Waals surface area contributed by atoms with Gasteiger partial charge < -0.3 is 10.2 Å². The Labute approximate surface area is 217 Å². The Bertz CT molecular complexity index is 970. The lowest BCUT2D eigenvalue weighted by molar-refractivity contribution is -0.117. The van der Waals surface area contributed by atoms with Crippen molar-refractivity contribution < 1.29 is 14.4 Å². The van der Waals surface area contributed by atoms with Gasteiger partial charge in [-0.1, -0.05) is 38.4 Å². The Kier molecular flexibility index (Phi) is 6.67. The summed E-state index contributed by atoms with van der Waals surface area (Å²) in [6.45, 7) is 13.1. The predicted molar refractivity (Wildman–Crippen MR) is 143 cm³/mol. The highest BCUT2D eigenvalue weighted by Crippen LogP contribution is 2.66. The maximum absolute atomic E-state index is 12.7. The topological polar surface area (TPSA) is 71.0 Å². The van der Waals surface area contributed by atoms with E-state index in [0.717, 1.165) is 43.9 Å². The SMILES string of the molecule is C/C(=N\OC(=O)N(C)CC1NCCC1(C)C)[C@H]1CC[C@H]2[C@@H]3CCC4=CC(=O)CC[C@]4(C)[C@H]3CC[C@]12C. The number of carbonyl (C=O) groups excluding carboxylic acids is 2. The average Bonchev–Trinajstić information content (AvgIpc) is 3.35. The van der Waals surface area contributed by atoms with Crippen molar-refractivity contribution in [1.29, 1.82) is 0 Å². The van der Waals surface area contributed by atoms with Gasteiger partial charge in [-0.05, 0) is 105 Å². The van der Waals surface area contributed by atoms with Gasteiger partial charge in [-0.15, -0.1) is 0 Å². The molecule has 7 atom stereocenters. The molecule has 5 aliphatic rings. The summed E-state index contributed by atoms with van der Waals surface area (Å²) in [5.41, 5.74) is 3.02. The molecule has 0 radical (unpaired) electrons. The van der Waals surface area contributed by atoms with E-state index in [2.05, 4.69) is 45.1 Å². The molecular weight excluding hydrogens is 450 g/mol. The highest BCUT2D eigenvalue weighted by Gasteiger charge is 2.59. The largest absolute Gasteiger partial charge is 0.435 e. The van der Waals surface area contributed by atoms with Crippen LogP contribution < -0.4 is 5.32 Å². The van der Waals surface area contributed by atoms with Gasteiger partial charge in [0, 0.05) is 32.0 Å². The smallest absolute Gasteiger partial charge is 0.312 e. The lowest BCUT2D eigenvalue weighted by atomic mass is 9.46. The molecule has 0 spiro atoms. The number of ketones is 1. The van der Waals surface area contributed by atoms with Crippen molar-refractivity contribution >= 4 is 17.6 Å². The van der Waals surface area contributed by atoms with Gasteiger partial charge in [-0.25, -0.2) is 4.79 Å². The van der Waals surface area contributed by atoms with Crippen LogP contribution in [0.3, 0.4) is 0 Å². The average molecular weight is 498 g/mol. The van der Waals surface area contributed by atoms with Crippen molar-refractivity contribution in [3.8, 4) is 0 Å². The lowest BCUT2D eigenvalue weighted by Crippen LogP contribution is -2.51. The molecule has 4 fully saturated rings. The molecule has 0 aromatic rings. The van der Waals surface area contributed by atoms with Crippen LogP contribution in [0.5, 0.6) is 0 Å². The van der Waals surface area contributed by atoms with Gasteiger partial charge in [0.15, 0.2) is 5.78 Å². The molecule has 200 valence electrons. The number of oxime groups is 1. The summed E-state index contributed by atoms with van der Waals surface area (Å²) in [5.74, 6) is 2.82. The zero-order valence-corrected chi connectivity index (χ0v) is 23.4. The minimum Gasteiger partial charge on any atom is -0.312 e. The van der Waals surface area contributed by atoms with Gasteiger partial charge in [0.25, 0.3) is 0 Å². The van der Waals surface area contributed by atoms with Crippen molar-refractivity contribution in [2.75, 3.05) is 20.1 Å². The van der Waals surface area contributed by atoms with Crippen LogP contribution in [0.2, 0.25) is 0 Å². The first-order valence-corrected chi connectivity index (χ1v) is 14.4. The summed E-state index contributed by atoms with van der Waals surface area (Å²) in [7, 11) is 1.81. The molecule has 5 rings (SSSR count). The van der Waals surface area contributed by atoms with E-state index in [4.69, 9.17) is 4.84 Å². The molecule has 1 aliphatic heterocycles. The van der Waals surface area contributed by atoms with Crippen molar-refractivity contribution in [2.45, 2.75) is 98.4 Å². The van der Waals surface area contributed by atoms with Gasteiger partial charge in [-0.2, -0.15) is 0 Å². The molecule has 1 unspecified atom stereocenters. The molecule has 1 saturated heterocycles. The second-order valence-corrected chi connectivity index (χ2v) is 13.9. The molecule has 3 saturated carbocycles. The first-order chi connectivity index (χ1) is 17.0. The second kappa shape index (κ2) is 9.25. The third-order valence-electron chi connectivity index (χ3n) is 11.6. The number of allylic oxidation sites excluding steroid dienone is 1. The zero-order valence-electron chi connectivity index (χ0n) is 23.4. The third kappa shape index (κ3) is 4.25. The van der Waals surface area contributed by atoms with Crippen LogP contribution in [0.25, 0.3) is 0 Å². The van der Waals surface area contributed by atoms with Crippen molar-refractivity contribution in [3.05, 3.63) is 11.6 Å². The highest BCUT2D eigenvalue weighted by atomic mass is 16.7. The second-order valence-electron chi connectivity index (χ2n) is 13.9. The lowest BCUT2D eigenvalue weighted by Gasteiger charge is -2.58. The molecule has 0 bridgehead atoms. The van der Waals surface area contributed by atoms with E-state index < -0.39 is 0 Å². The molecule has 1 amide bonds. The standard InChI is InChI=1S/C30H47N3O3/c1-19(32-36-27(35)33(6)18-26-28(2,3)15-16-31-26)23-9-10-24-22-8-7-20-17-21(34)11-13-29(20,4)25(22)12-14-30(23,24)5/h17,22-26,31H,7-16,18H2,1-6H3/b32-19+/t22-,23+,24-,25-,26?,29-,30+/m0/s1. The molecular formula is C30H47N3O3. The van der Waals surface area contributed by atoms with E-state index in [9.17, 15) is 9.59 Å². The first kappa shape index (κ1) is 25.9. The van der Waals surface area contributed by atoms with Crippen molar-refractivity contribution in [1.82, 2.24) is 10.2 Å². The van der Waals surface area contributed by atoms with E-state index in [-0.39, 0.29) is 28.4 Å². The molecule has 0 aromatic carbocycles. The summed E-state index contributed by atoms with van der Waals surface area (Å²) in [4.78, 5) is 32.0. The van der Waals surface area contributed by atoms with Gasteiger partial charge in [0.05, 0.1) is 5.71 Å². The fourth-order valence-corrected chi connectivity index (χ4v) is 9.17. The third-order valence-corrected chi connectivity index (χ3v) is 11.6. The van der Waals surface area contributed by atoms with Crippen LogP contribution >= 0.6 is 0 Å². The summed E-state index contributed by atoms with van der Waals surface area (Å²) in [5, 5.41) is 7.94. The molecule has 36 heavy (non-hydrogen) atoms. The number of likely N-dealkylation sites (N-methyl/N-ethyl adjacent to an activating group) is 1. The summed E-state index contributed by atoms with van der Waals surface area (Å²) < 4.78 is 0. The number of nitrogens with one attached hydrogen (secondary N) is 1. The van der Waals surface area contributed by atoms with Crippen LogP contribution in [-0.2, 0) is 9.63 Å². The number of nitrogens with zero attached hydrogens (tertiary/aromatic N) is 2. The Morgan fingerprint density at radius 1 is 1.08 bits per heavy atom. The Morgan fingerprint density at radius 3 is 2.58 bits per heavy atom. The summed E-state index contributed by atoms with van der Waals surface area (Å²) >= 11 is 0. The number of amides is 1. The normalized spacial score (nSPS) is 41.7. The maximum atomic E-state index is 12.7. The van der Waals surface area contributed by atoms with Gasteiger partial charge in [0.1, 0.15) is 0 Å². The number of carbonyl (C=O) groups is 2. The van der Waals surface area contributed by atoms with E-state index in [1.165, 1.54) is 31.3 Å². The molecule has 1 heterocycles. The van der Waals surface area contributed by atoms with Crippen LogP contribution in [-0.4, -0.2) is 48.7 Å². The number of fused-ring (bicyclic) bond motifs is 5. The Morgan fingerprint density at radius 2 is 1.86 bits per heavy atom. The van der Waals surface area contributed by atoms with Crippen LogP contribution in [0.15, 0.2) is 16.8 Å². The predicted octanol–water partition coefficient (Wildman–Crippen LogP) is 5.97. The Balaban J connectivity index is 1.24. The minimum absolute atomic E-state index is 0.180. The van der Waals surface area contributed by atoms with Crippen molar-refractivity contribution in [3.63, 3.8) is 0 Å². The van der Waals surface area contributed by atoms with Crippen LogP contribution in [0.4, 0.5) is 4.79 Å². The van der Waals surface area contributed by atoms with E-state index in [1.54, 1.807) is 4.90 Å². The fraction of sp³-hybridized carbons (Fsp3) is 0.833. The van der Waals surface area contributed by atoms with E-state index in [1.807, 2.05) is 13.1 Å². The minimum atomic E-state index is -0.367. The first-order valence-electron chi connectivity index (χ1n) is 14.4. The van der Waals surface area contributed by atoms with Crippen molar-refractivity contribution in [2.24, 2.45) is 45.1 Å². The molecule has 0 aromatic heterocycles. The molecule has 6 nitrogen and oxygen atoms in total. The Hall–Kier alpha value is -1.69. The number of hydrogen-bond donors (Lipinski definition) is 1. The van der Waals surface area contributed by atoms with Crippen LogP contribution in [0.1, 0.15) is 92.4 Å². The quantitative estimate of drug-likeness (QED) is 0.295. The molecule has 4 aliphatic carbocycles. The maximum Gasteiger partial charge on any atom is 0.435 e. The molecule has 6 heteroatoms.